The van der Waals surface area contributed by atoms with Gasteiger partial charge in [-0.15, -0.1) is 0 Å². The average molecular weight is 403 g/mol. The van der Waals surface area contributed by atoms with Gasteiger partial charge in [-0.25, -0.2) is 13.1 Å². The van der Waals surface area contributed by atoms with Gasteiger partial charge in [0.15, 0.2) is 0 Å². The van der Waals surface area contributed by atoms with Crippen LogP contribution in [-0.4, -0.2) is 15.5 Å². The number of benzene rings is 2. The minimum Gasteiger partial charge on any atom is -0.397 e. The summed E-state index contributed by atoms with van der Waals surface area (Å²) in [5.41, 5.74) is 7.77. The van der Waals surface area contributed by atoms with Gasteiger partial charge in [0.25, 0.3) is 0 Å². The molecule has 0 saturated heterocycles. The zero-order valence-electron chi connectivity index (χ0n) is 10.7. The Kier molecular flexibility index (Phi) is 4.51. The van der Waals surface area contributed by atoms with Crippen LogP contribution in [0.15, 0.2) is 47.4 Å². The van der Waals surface area contributed by atoms with Crippen molar-refractivity contribution >= 4 is 49.7 Å². The predicted molar refractivity (Wildman–Crippen MR) is 89.5 cm³/mol. The van der Waals surface area contributed by atoms with Gasteiger partial charge in [0.2, 0.25) is 10.0 Å². The summed E-state index contributed by atoms with van der Waals surface area (Å²) in [4.78, 5) is 0.169. The van der Waals surface area contributed by atoms with Gasteiger partial charge in [-0.3, -0.25) is 0 Å². The van der Waals surface area contributed by atoms with Crippen molar-refractivity contribution in [1.82, 2.24) is 4.72 Å². The second-order valence-electron chi connectivity index (χ2n) is 4.09. The maximum absolute atomic E-state index is 11.8. The lowest BCUT2D eigenvalue weighted by Crippen LogP contribution is -2.18. The Hall–Kier alpha value is -1.32. The van der Waals surface area contributed by atoms with E-state index in [1.54, 1.807) is 6.07 Å². The third kappa shape index (κ3) is 3.41. The van der Waals surface area contributed by atoms with E-state index in [2.05, 4.69) is 32.6 Å². The minimum absolute atomic E-state index is 0.169. The van der Waals surface area contributed by atoms with Crippen LogP contribution in [0.1, 0.15) is 0 Å². The first-order valence-electron chi connectivity index (χ1n) is 5.78. The number of hydrogen-bond donors (Lipinski definition) is 3. The molecule has 0 fully saturated rings. The number of anilines is 3. The number of sulfonamides is 1. The molecular formula is C13H14IN3O2S. The molecule has 0 amide bonds. The molecule has 0 saturated carbocycles. The lowest BCUT2D eigenvalue weighted by atomic mass is 10.2. The quantitative estimate of drug-likeness (QED) is 0.541. The van der Waals surface area contributed by atoms with E-state index in [4.69, 9.17) is 5.73 Å². The highest BCUT2D eigenvalue weighted by molar-refractivity contribution is 14.1. The van der Waals surface area contributed by atoms with Crippen molar-refractivity contribution in [3.8, 4) is 0 Å². The van der Waals surface area contributed by atoms with Crippen LogP contribution in [0.5, 0.6) is 0 Å². The Labute approximate surface area is 131 Å². The molecule has 0 aromatic heterocycles. The van der Waals surface area contributed by atoms with Crippen LogP contribution >= 0.6 is 22.6 Å². The molecular weight excluding hydrogens is 389 g/mol. The summed E-state index contributed by atoms with van der Waals surface area (Å²) >= 11 is 2.21. The summed E-state index contributed by atoms with van der Waals surface area (Å²) in [5.74, 6) is 0. The fraction of sp³-hybridized carbons (Fsp3) is 0.0769. The van der Waals surface area contributed by atoms with Crippen molar-refractivity contribution < 1.29 is 8.42 Å². The van der Waals surface area contributed by atoms with E-state index in [1.165, 1.54) is 19.2 Å². The summed E-state index contributed by atoms with van der Waals surface area (Å²) in [6.07, 6.45) is 0. The molecule has 106 valence electrons. The fourth-order valence-electron chi connectivity index (χ4n) is 1.65. The van der Waals surface area contributed by atoms with Crippen LogP contribution in [0, 0.1) is 3.57 Å². The number of halogens is 1. The molecule has 0 radical (unpaired) electrons. The predicted octanol–water partition coefficient (Wildman–Crippen LogP) is 2.53. The fourth-order valence-corrected chi connectivity index (χ4v) is 2.95. The Morgan fingerprint density at radius 1 is 1.15 bits per heavy atom. The summed E-state index contributed by atoms with van der Waals surface area (Å²) < 4.78 is 26.9. The highest BCUT2D eigenvalue weighted by Gasteiger charge is 2.13. The topological polar surface area (TPSA) is 84.2 Å². The van der Waals surface area contributed by atoms with Crippen LogP contribution in [0.4, 0.5) is 17.1 Å². The molecule has 0 aliphatic carbocycles. The third-order valence-electron chi connectivity index (χ3n) is 2.71. The first-order chi connectivity index (χ1) is 9.42. The maximum atomic E-state index is 11.8. The second kappa shape index (κ2) is 5.98. The number of rotatable bonds is 4. The SMILES string of the molecule is CNS(=O)(=O)c1ccc(N)c(Nc2cccc(I)c2)c1. The van der Waals surface area contributed by atoms with Crippen LogP contribution in [0.3, 0.4) is 0 Å². The molecule has 0 unspecified atom stereocenters. The summed E-state index contributed by atoms with van der Waals surface area (Å²) in [6.45, 7) is 0. The smallest absolute Gasteiger partial charge is 0.240 e. The average Bonchev–Trinajstić information content (AvgIpc) is 2.41. The summed E-state index contributed by atoms with van der Waals surface area (Å²) in [6, 6.07) is 12.3. The summed E-state index contributed by atoms with van der Waals surface area (Å²) in [5, 5.41) is 3.13. The molecule has 2 rings (SSSR count). The molecule has 4 N–H and O–H groups in total. The lowest BCUT2D eigenvalue weighted by molar-refractivity contribution is 0.588. The van der Waals surface area contributed by atoms with Gasteiger partial charge in [0.05, 0.1) is 16.3 Å². The molecule has 5 nitrogen and oxygen atoms in total. The molecule has 0 atom stereocenters. The van der Waals surface area contributed by atoms with Crippen molar-refractivity contribution in [3.63, 3.8) is 0 Å². The van der Waals surface area contributed by atoms with E-state index >= 15 is 0 Å². The first kappa shape index (κ1) is 15.1. The van der Waals surface area contributed by atoms with Gasteiger partial charge in [-0.2, -0.15) is 0 Å². The summed E-state index contributed by atoms with van der Waals surface area (Å²) in [7, 11) is -2.11. The van der Waals surface area contributed by atoms with Crippen molar-refractivity contribution in [2.45, 2.75) is 4.90 Å². The standard InChI is InChI=1S/C13H14IN3O2S/c1-16-20(18,19)11-5-6-12(15)13(8-11)17-10-4-2-3-9(14)7-10/h2-8,16-17H,15H2,1H3. The minimum atomic E-state index is -3.48. The van der Waals surface area contributed by atoms with E-state index in [-0.39, 0.29) is 4.90 Å². The zero-order chi connectivity index (χ0) is 14.8. The zero-order valence-corrected chi connectivity index (χ0v) is 13.7. The van der Waals surface area contributed by atoms with Crippen LogP contribution in [-0.2, 0) is 10.0 Å². The van der Waals surface area contributed by atoms with Crippen LogP contribution < -0.4 is 15.8 Å². The van der Waals surface area contributed by atoms with E-state index in [9.17, 15) is 8.42 Å². The van der Waals surface area contributed by atoms with Gasteiger partial charge in [-0.05, 0) is 66.0 Å². The highest BCUT2D eigenvalue weighted by atomic mass is 127. The van der Waals surface area contributed by atoms with Gasteiger partial charge in [0, 0.05) is 9.26 Å². The Bertz CT molecular complexity index is 732. The number of nitrogen functional groups attached to an aromatic ring is 1. The maximum Gasteiger partial charge on any atom is 0.240 e. The molecule has 7 heteroatoms. The van der Waals surface area contributed by atoms with Crippen LogP contribution in [0.25, 0.3) is 0 Å². The molecule has 0 spiro atoms. The van der Waals surface area contributed by atoms with Crippen molar-refractivity contribution in [2.75, 3.05) is 18.1 Å². The molecule has 0 aliphatic heterocycles. The molecule has 0 aliphatic rings. The van der Waals surface area contributed by atoms with Crippen LogP contribution in [0.2, 0.25) is 0 Å². The van der Waals surface area contributed by atoms with E-state index in [0.717, 1.165) is 9.26 Å². The second-order valence-corrected chi connectivity index (χ2v) is 7.22. The Balaban J connectivity index is 2.39. The molecule has 2 aromatic rings. The first-order valence-corrected chi connectivity index (χ1v) is 8.34. The molecule has 0 heterocycles. The van der Waals surface area contributed by atoms with Gasteiger partial charge < -0.3 is 11.1 Å². The normalized spacial score (nSPS) is 11.3. The van der Waals surface area contributed by atoms with Crippen molar-refractivity contribution in [2.24, 2.45) is 0 Å². The van der Waals surface area contributed by atoms with Crippen molar-refractivity contribution in [3.05, 3.63) is 46.0 Å². The van der Waals surface area contributed by atoms with Gasteiger partial charge in [-0.1, -0.05) is 6.07 Å². The van der Waals surface area contributed by atoms with E-state index in [1.807, 2.05) is 24.3 Å². The lowest BCUT2D eigenvalue weighted by Gasteiger charge is -2.11. The van der Waals surface area contributed by atoms with Gasteiger partial charge >= 0.3 is 0 Å². The Morgan fingerprint density at radius 2 is 1.90 bits per heavy atom. The Morgan fingerprint density at radius 3 is 2.55 bits per heavy atom. The molecule has 2 aromatic carbocycles. The van der Waals surface area contributed by atoms with E-state index in [0.29, 0.717) is 11.4 Å². The third-order valence-corrected chi connectivity index (χ3v) is 4.79. The number of hydrogen-bond acceptors (Lipinski definition) is 4. The number of nitrogens with one attached hydrogen (secondary N) is 2. The largest absolute Gasteiger partial charge is 0.397 e. The van der Waals surface area contributed by atoms with Crippen molar-refractivity contribution in [1.29, 1.82) is 0 Å². The molecule has 0 bridgehead atoms. The van der Waals surface area contributed by atoms with E-state index < -0.39 is 10.0 Å². The number of nitrogens with two attached hydrogens (primary N) is 1. The monoisotopic (exact) mass is 403 g/mol. The highest BCUT2D eigenvalue weighted by Crippen LogP contribution is 2.26. The molecule has 20 heavy (non-hydrogen) atoms. The van der Waals surface area contributed by atoms with Gasteiger partial charge in [0.1, 0.15) is 0 Å².